The zero-order valence-corrected chi connectivity index (χ0v) is 11.5. The highest BCUT2D eigenvalue weighted by Gasteiger charge is 2.14. The summed E-state index contributed by atoms with van der Waals surface area (Å²) in [5.74, 6) is 0.157. The second-order valence-electron chi connectivity index (χ2n) is 4.66. The van der Waals surface area contributed by atoms with Crippen molar-refractivity contribution in [3.63, 3.8) is 0 Å². The standard InChI is InChI=1S/C15H13ClOS/c16-15-7-6-14(18-15)13(17)9-10-4-5-11-2-1-3-12(11)8-10/h4-8H,1-3,9H2. The van der Waals surface area contributed by atoms with Crippen LogP contribution in [0.3, 0.4) is 0 Å². The average Bonchev–Trinajstić information content (AvgIpc) is 2.96. The summed E-state index contributed by atoms with van der Waals surface area (Å²) in [6.45, 7) is 0. The number of benzene rings is 1. The molecule has 1 aromatic carbocycles. The van der Waals surface area contributed by atoms with Crippen LogP contribution < -0.4 is 0 Å². The van der Waals surface area contributed by atoms with Gasteiger partial charge in [0, 0.05) is 6.42 Å². The lowest BCUT2D eigenvalue weighted by Crippen LogP contribution is -2.01. The maximum absolute atomic E-state index is 12.1. The van der Waals surface area contributed by atoms with Crippen LogP contribution in [0.1, 0.15) is 32.8 Å². The largest absolute Gasteiger partial charge is 0.293 e. The Kier molecular flexibility index (Phi) is 3.23. The molecule has 0 saturated carbocycles. The van der Waals surface area contributed by atoms with E-state index in [1.165, 1.54) is 35.3 Å². The van der Waals surface area contributed by atoms with E-state index in [0.717, 1.165) is 16.9 Å². The zero-order valence-electron chi connectivity index (χ0n) is 9.91. The fraction of sp³-hybridized carbons (Fsp3) is 0.267. The molecule has 1 aliphatic rings. The number of aryl methyl sites for hydroxylation is 2. The number of Topliss-reactive ketones (excluding diaryl/α,β-unsaturated/α-hetero) is 1. The molecule has 0 spiro atoms. The summed E-state index contributed by atoms with van der Waals surface area (Å²) < 4.78 is 0.673. The number of halogens is 1. The van der Waals surface area contributed by atoms with Crippen molar-refractivity contribution in [2.75, 3.05) is 0 Å². The monoisotopic (exact) mass is 276 g/mol. The van der Waals surface area contributed by atoms with Gasteiger partial charge in [-0.25, -0.2) is 0 Å². The molecule has 1 aromatic heterocycles. The first-order valence-electron chi connectivity index (χ1n) is 6.11. The second-order valence-corrected chi connectivity index (χ2v) is 6.38. The number of carbonyl (C=O) groups excluding carboxylic acids is 1. The highest BCUT2D eigenvalue weighted by molar-refractivity contribution is 7.18. The Morgan fingerprint density at radius 2 is 2.00 bits per heavy atom. The molecule has 3 rings (SSSR count). The van der Waals surface area contributed by atoms with Crippen molar-refractivity contribution in [2.45, 2.75) is 25.7 Å². The summed E-state index contributed by atoms with van der Waals surface area (Å²) >= 11 is 7.21. The zero-order chi connectivity index (χ0) is 12.5. The second kappa shape index (κ2) is 4.87. The van der Waals surface area contributed by atoms with Crippen LogP contribution in [0.25, 0.3) is 0 Å². The first-order chi connectivity index (χ1) is 8.72. The summed E-state index contributed by atoms with van der Waals surface area (Å²) in [5, 5.41) is 0. The van der Waals surface area contributed by atoms with Crippen molar-refractivity contribution in [1.29, 1.82) is 0 Å². The van der Waals surface area contributed by atoms with Crippen molar-refractivity contribution in [1.82, 2.24) is 0 Å². The Hall–Kier alpha value is -1.12. The van der Waals surface area contributed by atoms with Gasteiger partial charge in [0.2, 0.25) is 0 Å². The molecule has 3 heteroatoms. The lowest BCUT2D eigenvalue weighted by molar-refractivity contribution is 0.0997. The van der Waals surface area contributed by atoms with E-state index in [2.05, 4.69) is 18.2 Å². The summed E-state index contributed by atoms with van der Waals surface area (Å²) in [7, 11) is 0. The molecule has 1 heterocycles. The minimum Gasteiger partial charge on any atom is -0.293 e. The lowest BCUT2D eigenvalue weighted by Gasteiger charge is -2.03. The SMILES string of the molecule is O=C(Cc1ccc2c(c1)CCC2)c1ccc(Cl)s1. The van der Waals surface area contributed by atoms with Gasteiger partial charge in [-0.3, -0.25) is 4.79 Å². The van der Waals surface area contributed by atoms with Crippen molar-refractivity contribution in [3.8, 4) is 0 Å². The van der Waals surface area contributed by atoms with Crippen LogP contribution in [0, 0.1) is 0 Å². The topological polar surface area (TPSA) is 17.1 Å². The molecule has 0 radical (unpaired) electrons. The van der Waals surface area contributed by atoms with Gasteiger partial charge in [-0.15, -0.1) is 11.3 Å². The fourth-order valence-corrected chi connectivity index (χ4v) is 3.45. The van der Waals surface area contributed by atoms with Gasteiger partial charge >= 0.3 is 0 Å². The third-order valence-electron chi connectivity index (χ3n) is 3.38. The Balaban J connectivity index is 1.78. The number of rotatable bonds is 3. The van der Waals surface area contributed by atoms with Crippen LogP contribution in [0.4, 0.5) is 0 Å². The number of fused-ring (bicyclic) bond motifs is 1. The van der Waals surface area contributed by atoms with Gasteiger partial charge in [0.25, 0.3) is 0 Å². The molecule has 2 aromatic rings. The number of thiophene rings is 1. The molecule has 0 unspecified atom stereocenters. The third-order valence-corrected chi connectivity index (χ3v) is 4.65. The summed E-state index contributed by atoms with van der Waals surface area (Å²) in [4.78, 5) is 12.8. The Morgan fingerprint density at radius 1 is 1.17 bits per heavy atom. The van der Waals surface area contributed by atoms with Gasteiger partial charge in [-0.1, -0.05) is 29.8 Å². The third kappa shape index (κ3) is 2.36. The predicted octanol–water partition coefficient (Wildman–Crippen LogP) is 4.32. The van der Waals surface area contributed by atoms with Crippen molar-refractivity contribution in [2.24, 2.45) is 0 Å². The number of hydrogen-bond acceptors (Lipinski definition) is 2. The van der Waals surface area contributed by atoms with E-state index in [9.17, 15) is 4.79 Å². The molecule has 1 aliphatic carbocycles. The van der Waals surface area contributed by atoms with Crippen LogP contribution >= 0.6 is 22.9 Å². The Morgan fingerprint density at radius 3 is 2.78 bits per heavy atom. The van der Waals surface area contributed by atoms with Crippen molar-refractivity contribution < 1.29 is 4.79 Å². The number of carbonyl (C=O) groups is 1. The van der Waals surface area contributed by atoms with Crippen LogP contribution in [-0.4, -0.2) is 5.78 Å². The highest BCUT2D eigenvalue weighted by Crippen LogP contribution is 2.25. The predicted molar refractivity (Wildman–Crippen MR) is 75.8 cm³/mol. The van der Waals surface area contributed by atoms with Crippen LogP contribution in [-0.2, 0) is 19.3 Å². The van der Waals surface area contributed by atoms with Gasteiger partial charge in [-0.05, 0) is 48.1 Å². The fourth-order valence-electron chi connectivity index (χ4n) is 2.47. The average molecular weight is 277 g/mol. The van der Waals surface area contributed by atoms with Crippen molar-refractivity contribution >= 4 is 28.7 Å². The summed E-state index contributed by atoms with van der Waals surface area (Å²) in [6, 6.07) is 10.0. The molecule has 0 bridgehead atoms. The molecule has 0 saturated heterocycles. The maximum Gasteiger partial charge on any atom is 0.177 e. The van der Waals surface area contributed by atoms with Gasteiger partial charge in [0.05, 0.1) is 9.21 Å². The molecular formula is C15H13ClOS. The lowest BCUT2D eigenvalue weighted by atomic mass is 10.0. The summed E-state index contributed by atoms with van der Waals surface area (Å²) in [6.07, 6.45) is 4.06. The first kappa shape index (κ1) is 11.9. The smallest absolute Gasteiger partial charge is 0.177 e. The van der Waals surface area contributed by atoms with Gasteiger partial charge in [-0.2, -0.15) is 0 Å². The van der Waals surface area contributed by atoms with Crippen LogP contribution in [0.5, 0.6) is 0 Å². The Bertz CT molecular complexity index is 600. The number of ketones is 1. The maximum atomic E-state index is 12.1. The van der Waals surface area contributed by atoms with E-state index in [1.54, 1.807) is 6.07 Å². The number of hydrogen-bond donors (Lipinski definition) is 0. The Labute approximate surface area is 115 Å². The molecule has 0 fully saturated rings. The van der Waals surface area contributed by atoms with E-state index < -0.39 is 0 Å². The molecule has 18 heavy (non-hydrogen) atoms. The van der Waals surface area contributed by atoms with Gasteiger partial charge < -0.3 is 0 Å². The van der Waals surface area contributed by atoms with E-state index >= 15 is 0 Å². The molecule has 0 aliphatic heterocycles. The first-order valence-corrected chi connectivity index (χ1v) is 7.31. The highest BCUT2D eigenvalue weighted by atomic mass is 35.5. The van der Waals surface area contributed by atoms with Crippen LogP contribution in [0.2, 0.25) is 4.34 Å². The summed E-state index contributed by atoms with van der Waals surface area (Å²) in [5.41, 5.74) is 3.99. The minimum atomic E-state index is 0.157. The molecule has 0 amide bonds. The molecule has 1 nitrogen and oxygen atoms in total. The van der Waals surface area contributed by atoms with Gasteiger partial charge in [0.1, 0.15) is 0 Å². The van der Waals surface area contributed by atoms with Crippen molar-refractivity contribution in [3.05, 3.63) is 56.2 Å². The normalized spacial score (nSPS) is 13.6. The molecule has 0 N–H and O–H groups in total. The van der Waals surface area contributed by atoms with Crippen LogP contribution in [0.15, 0.2) is 30.3 Å². The molecule has 0 atom stereocenters. The van der Waals surface area contributed by atoms with E-state index in [0.29, 0.717) is 10.8 Å². The quantitative estimate of drug-likeness (QED) is 0.763. The van der Waals surface area contributed by atoms with E-state index in [-0.39, 0.29) is 5.78 Å². The molecule has 92 valence electrons. The van der Waals surface area contributed by atoms with Gasteiger partial charge in [0.15, 0.2) is 5.78 Å². The molecular weight excluding hydrogens is 264 g/mol. The van der Waals surface area contributed by atoms with E-state index in [4.69, 9.17) is 11.6 Å². The minimum absolute atomic E-state index is 0.157. The van der Waals surface area contributed by atoms with E-state index in [1.807, 2.05) is 6.07 Å².